The molecular formula is C21H16ClN3O4S2. The maximum absolute atomic E-state index is 13.2. The summed E-state index contributed by atoms with van der Waals surface area (Å²) >= 11 is 7.45. The molecule has 158 valence electrons. The average molecular weight is 474 g/mol. The van der Waals surface area contributed by atoms with E-state index in [-0.39, 0.29) is 21.5 Å². The van der Waals surface area contributed by atoms with Gasteiger partial charge in [-0.2, -0.15) is 4.98 Å². The third-order valence-corrected chi connectivity index (χ3v) is 7.27. The molecule has 0 aliphatic heterocycles. The number of carbonyl (C=O) groups excluding carboxylic acids is 1. The van der Waals surface area contributed by atoms with Crippen molar-refractivity contribution in [3.8, 4) is 0 Å². The van der Waals surface area contributed by atoms with Crippen LogP contribution in [0, 0.1) is 0 Å². The number of primary amides is 1. The molecule has 0 fully saturated rings. The summed E-state index contributed by atoms with van der Waals surface area (Å²) in [5.41, 5.74) is 7.22. The number of nitrogens with zero attached hydrogens (tertiary/aromatic N) is 1. The Bertz CT molecular complexity index is 1340. The van der Waals surface area contributed by atoms with Gasteiger partial charge < -0.3 is 10.2 Å². The van der Waals surface area contributed by atoms with E-state index in [0.717, 1.165) is 5.56 Å². The summed E-state index contributed by atoms with van der Waals surface area (Å²) in [5, 5.41) is 0.0730. The molecule has 0 aliphatic rings. The van der Waals surface area contributed by atoms with E-state index in [0.29, 0.717) is 21.7 Å². The maximum atomic E-state index is 13.2. The molecule has 3 N–H and O–H groups in total. The van der Waals surface area contributed by atoms with E-state index in [1.54, 1.807) is 24.3 Å². The van der Waals surface area contributed by atoms with Gasteiger partial charge in [-0.05, 0) is 29.8 Å². The second-order valence-electron chi connectivity index (χ2n) is 6.51. The topological polar surface area (TPSA) is 115 Å². The first-order chi connectivity index (χ1) is 14.8. The quantitative estimate of drug-likeness (QED) is 0.377. The monoisotopic (exact) mass is 473 g/mol. The van der Waals surface area contributed by atoms with Crippen molar-refractivity contribution in [3.05, 3.63) is 82.9 Å². The van der Waals surface area contributed by atoms with Crippen molar-refractivity contribution in [1.29, 1.82) is 0 Å². The lowest BCUT2D eigenvalue weighted by atomic mass is 10.2. The second-order valence-corrected chi connectivity index (χ2v) is 9.58. The lowest BCUT2D eigenvalue weighted by Crippen LogP contribution is -2.17. The van der Waals surface area contributed by atoms with Gasteiger partial charge in [-0.15, -0.1) is 11.8 Å². The van der Waals surface area contributed by atoms with Crippen molar-refractivity contribution in [2.75, 3.05) is 4.72 Å². The van der Waals surface area contributed by atoms with Crippen molar-refractivity contribution in [2.45, 2.75) is 15.5 Å². The van der Waals surface area contributed by atoms with Crippen LogP contribution in [0.5, 0.6) is 0 Å². The van der Waals surface area contributed by atoms with Crippen LogP contribution in [-0.4, -0.2) is 19.3 Å². The highest BCUT2D eigenvalue weighted by Gasteiger charge is 2.25. The van der Waals surface area contributed by atoms with E-state index in [4.69, 9.17) is 21.8 Å². The van der Waals surface area contributed by atoms with Gasteiger partial charge in [-0.3, -0.25) is 4.79 Å². The Labute approximate surface area is 187 Å². The SMILES string of the molecule is NC(=O)c1cc(S(=O)(=O)Nc2nc3ccccc3o2)c(SCc2ccccc2)cc1Cl. The molecule has 3 aromatic carbocycles. The zero-order chi connectivity index (χ0) is 22.0. The first-order valence-corrected chi connectivity index (χ1v) is 11.9. The summed E-state index contributed by atoms with van der Waals surface area (Å²) in [7, 11) is -4.16. The standard InChI is InChI=1S/C21H16ClN3O4S2/c22-15-11-18(30-12-13-6-2-1-3-7-13)19(10-14(15)20(23)26)31(27,28)25-21-24-16-8-4-5-9-17(16)29-21/h1-11H,12H2,(H2,23,26)(H,24,25). The molecule has 0 saturated carbocycles. The normalized spacial score (nSPS) is 11.5. The van der Waals surface area contributed by atoms with Crippen LogP contribution in [0.3, 0.4) is 0 Å². The van der Waals surface area contributed by atoms with Gasteiger partial charge in [-0.25, -0.2) is 13.1 Å². The van der Waals surface area contributed by atoms with E-state index in [2.05, 4.69) is 9.71 Å². The Kier molecular flexibility index (Phi) is 5.90. The number of fused-ring (bicyclic) bond motifs is 1. The fraction of sp³-hybridized carbons (Fsp3) is 0.0476. The number of carbonyl (C=O) groups is 1. The van der Waals surface area contributed by atoms with Crippen LogP contribution >= 0.6 is 23.4 Å². The van der Waals surface area contributed by atoms with Crippen LogP contribution in [0.2, 0.25) is 5.02 Å². The molecule has 0 unspecified atom stereocenters. The molecule has 0 atom stereocenters. The summed E-state index contributed by atoms with van der Waals surface area (Å²) in [4.78, 5) is 16.1. The van der Waals surface area contributed by atoms with Crippen LogP contribution in [-0.2, 0) is 15.8 Å². The van der Waals surface area contributed by atoms with Gasteiger partial charge in [0.2, 0.25) is 5.91 Å². The maximum Gasteiger partial charge on any atom is 0.309 e. The number of halogens is 1. The number of para-hydroxylation sites is 2. The highest BCUT2D eigenvalue weighted by atomic mass is 35.5. The lowest BCUT2D eigenvalue weighted by molar-refractivity contribution is 0.1000. The predicted octanol–water partition coefficient (Wildman–Crippen LogP) is 4.67. The first kappa shape index (κ1) is 21.2. The van der Waals surface area contributed by atoms with Crippen LogP contribution in [0.25, 0.3) is 11.1 Å². The van der Waals surface area contributed by atoms with Crippen LogP contribution in [0.1, 0.15) is 15.9 Å². The zero-order valence-electron chi connectivity index (χ0n) is 15.9. The number of benzene rings is 3. The molecule has 1 aromatic heterocycles. The van der Waals surface area contributed by atoms with Gasteiger partial charge in [0.25, 0.3) is 10.0 Å². The Morgan fingerprint density at radius 2 is 1.81 bits per heavy atom. The smallest absolute Gasteiger partial charge is 0.309 e. The highest BCUT2D eigenvalue weighted by Crippen LogP contribution is 2.35. The Balaban J connectivity index is 1.72. The average Bonchev–Trinajstić information content (AvgIpc) is 3.14. The largest absolute Gasteiger partial charge is 0.423 e. The number of nitrogens with two attached hydrogens (primary N) is 1. The number of hydrogen-bond acceptors (Lipinski definition) is 6. The molecule has 1 heterocycles. The summed E-state index contributed by atoms with van der Waals surface area (Å²) in [6.45, 7) is 0. The van der Waals surface area contributed by atoms with Crippen molar-refractivity contribution in [2.24, 2.45) is 5.73 Å². The fourth-order valence-electron chi connectivity index (χ4n) is 2.87. The molecule has 0 bridgehead atoms. The molecule has 0 aliphatic carbocycles. The highest BCUT2D eigenvalue weighted by molar-refractivity contribution is 7.99. The molecule has 0 radical (unpaired) electrons. The van der Waals surface area contributed by atoms with E-state index in [1.807, 2.05) is 30.3 Å². The van der Waals surface area contributed by atoms with E-state index < -0.39 is 15.9 Å². The molecule has 1 amide bonds. The van der Waals surface area contributed by atoms with Gasteiger partial charge in [0, 0.05) is 10.6 Å². The van der Waals surface area contributed by atoms with E-state index in [9.17, 15) is 13.2 Å². The number of nitrogens with one attached hydrogen (secondary N) is 1. The minimum Gasteiger partial charge on any atom is -0.423 e. The molecule has 7 nitrogen and oxygen atoms in total. The van der Waals surface area contributed by atoms with Gasteiger partial charge in [0.05, 0.1) is 10.6 Å². The third kappa shape index (κ3) is 4.68. The number of anilines is 1. The van der Waals surface area contributed by atoms with E-state index in [1.165, 1.54) is 23.9 Å². The van der Waals surface area contributed by atoms with Crippen molar-refractivity contribution in [3.63, 3.8) is 0 Å². The van der Waals surface area contributed by atoms with E-state index >= 15 is 0 Å². The fourth-order valence-corrected chi connectivity index (χ4v) is 5.64. The van der Waals surface area contributed by atoms with Crippen molar-refractivity contribution >= 4 is 56.4 Å². The minimum atomic E-state index is -4.16. The third-order valence-electron chi connectivity index (χ3n) is 4.34. The first-order valence-electron chi connectivity index (χ1n) is 9.02. The molecule has 4 aromatic rings. The molecule has 31 heavy (non-hydrogen) atoms. The molecule has 0 saturated heterocycles. The molecule has 10 heteroatoms. The van der Waals surface area contributed by atoms with Crippen LogP contribution < -0.4 is 10.5 Å². The number of rotatable bonds is 7. The summed E-state index contributed by atoms with van der Waals surface area (Å²) in [6.07, 6.45) is 0. The van der Waals surface area contributed by atoms with Crippen molar-refractivity contribution < 1.29 is 17.6 Å². The number of hydrogen-bond donors (Lipinski definition) is 2. The predicted molar refractivity (Wildman–Crippen MR) is 121 cm³/mol. The van der Waals surface area contributed by atoms with Crippen molar-refractivity contribution in [1.82, 2.24) is 4.98 Å². The van der Waals surface area contributed by atoms with Gasteiger partial charge in [0.15, 0.2) is 5.58 Å². The zero-order valence-corrected chi connectivity index (χ0v) is 18.3. The van der Waals surface area contributed by atoms with Crippen LogP contribution in [0.15, 0.2) is 80.9 Å². The molecule has 4 rings (SSSR count). The van der Waals surface area contributed by atoms with Gasteiger partial charge >= 0.3 is 6.01 Å². The Hall–Kier alpha value is -3.01. The number of sulfonamides is 1. The summed E-state index contributed by atoms with van der Waals surface area (Å²) < 4.78 is 34.2. The molecule has 0 spiro atoms. The number of oxazole rings is 1. The number of amides is 1. The second kappa shape index (κ2) is 8.62. The lowest BCUT2D eigenvalue weighted by Gasteiger charge is -2.13. The summed E-state index contributed by atoms with van der Waals surface area (Å²) in [6, 6.07) is 18.8. The van der Waals surface area contributed by atoms with Crippen LogP contribution in [0.4, 0.5) is 6.01 Å². The number of aromatic nitrogens is 1. The minimum absolute atomic E-state index is 0.0730. The Morgan fingerprint density at radius 1 is 1.10 bits per heavy atom. The number of thioether (sulfide) groups is 1. The Morgan fingerprint density at radius 3 is 2.52 bits per heavy atom. The molecular weight excluding hydrogens is 458 g/mol. The van der Waals surface area contributed by atoms with Gasteiger partial charge in [-0.1, -0.05) is 54.1 Å². The van der Waals surface area contributed by atoms with Gasteiger partial charge in [0.1, 0.15) is 10.4 Å². The summed E-state index contributed by atoms with van der Waals surface area (Å²) in [5.74, 6) is -0.332.